The minimum Gasteiger partial charge on any atom is -0.252 e. The summed E-state index contributed by atoms with van der Waals surface area (Å²) >= 11 is 0. The van der Waals surface area contributed by atoms with E-state index in [0.717, 1.165) is 6.54 Å². The summed E-state index contributed by atoms with van der Waals surface area (Å²) in [6.07, 6.45) is 11.7. The summed E-state index contributed by atoms with van der Waals surface area (Å²) in [6.45, 7) is 0.872. The van der Waals surface area contributed by atoms with Gasteiger partial charge in [0.15, 0.2) is 18.9 Å². The standard InChI is InChI=1S/C13H13N2/c1-2-5-13(6-3-1)7-4-10-15-11-8-14-9-12-15/h1-9,11-12H,10H2/q+1. The first-order valence-electron chi connectivity index (χ1n) is 4.96. The van der Waals surface area contributed by atoms with Crippen LogP contribution in [0.2, 0.25) is 0 Å². The summed E-state index contributed by atoms with van der Waals surface area (Å²) in [5.41, 5.74) is 1.23. The van der Waals surface area contributed by atoms with Crippen molar-refractivity contribution >= 4 is 6.08 Å². The molecule has 0 saturated heterocycles. The fourth-order valence-corrected chi connectivity index (χ4v) is 1.34. The fraction of sp³-hybridized carbons (Fsp3) is 0.0769. The second-order valence-corrected chi connectivity index (χ2v) is 3.26. The van der Waals surface area contributed by atoms with Gasteiger partial charge in [0.1, 0.15) is 0 Å². The van der Waals surface area contributed by atoms with E-state index in [4.69, 9.17) is 0 Å². The van der Waals surface area contributed by atoms with E-state index in [1.807, 2.05) is 30.6 Å². The van der Waals surface area contributed by atoms with E-state index >= 15 is 0 Å². The molecule has 0 N–H and O–H groups in total. The van der Waals surface area contributed by atoms with Crippen LogP contribution in [0.3, 0.4) is 0 Å². The monoisotopic (exact) mass is 197 g/mol. The molecule has 0 amide bonds. The third kappa shape index (κ3) is 3.02. The van der Waals surface area contributed by atoms with Crippen molar-refractivity contribution in [2.45, 2.75) is 6.54 Å². The van der Waals surface area contributed by atoms with E-state index in [1.165, 1.54) is 5.56 Å². The first-order valence-corrected chi connectivity index (χ1v) is 4.96. The molecule has 0 spiro atoms. The van der Waals surface area contributed by atoms with Crippen molar-refractivity contribution in [3.63, 3.8) is 0 Å². The second-order valence-electron chi connectivity index (χ2n) is 3.26. The van der Waals surface area contributed by atoms with Crippen LogP contribution in [0.15, 0.2) is 61.2 Å². The first-order chi connectivity index (χ1) is 7.45. The summed E-state index contributed by atoms with van der Waals surface area (Å²) < 4.78 is 2.08. The molecule has 0 fully saturated rings. The molecule has 2 rings (SSSR count). The molecule has 1 aromatic carbocycles. The second kappa shape index (κ2) is 5.05. The van der Waals surface area contributed by atoms with Gasteiger partial charge in [-0.15, -0.1) is 0 Å². The number of benzene rings is 1. The average Bonchev–Trinajstić information content (AvgIpc) is 2.32. The van der Waals surface area contributed by atoms with Gasteiger partial charge in [0.25, 0.3) is 0 Å². The van der Waals surface area contributed by atoms with Crippen molar-refractivity contribution in [1.82, 2.24) is 4.98 Å². The van der Waals surface area contributed by atoms with Crippen LogP contribution in [0.25, 0.3) is 6.08 Å². The Bertz CT molecular complexity index is 421. The Kier molecular flexibility index (Phi) is 3.23. The van der Waals surface area contributed by atoms with Crippen molar-refractivity contribution < 1.29 is 4.57 Å². The van der Waals surface area contributed by atoms with Gasteiger partial charge in [-0.3, -0.25) is 4.98 Å². The number of hydrogen-bond acceptors (Lipinski definition) is 1. The Morgan fingerprint density at radius 2 is 1.80 bits per heavy atom. The van der Waals surface area contributed by atoms with E-state index in [0.29, 0.717) is 0 Å². The van der Waals surface area contributed by atoms with Crippen molar-refractivity contribution in [2.75, 3.05) is 0 Å². The quantitative estimate of drug-likeness (QED) is 0.688. The molecule has 0 aliphatic carbocycles. The molecule has 2 heteroatoms. The van der Waals surface area contributed by atoms with Gasteiger partial charge >= 0.3 is 0 Å². The highest BCUT2D eigenvalue weighted by Gasteiger charge is 1.92. The van der Waals surface area contributed by atoms with Crippen molar-refractivity contribution in [1.29, 1.82) is 0 Å². The van der Waals surface area contributed by atoms with Crippen LogP contribution in [0.4, 0.5) is 0 Å². The lowest BCUT2D eigenvalue weighted by Gasteiger charge is -1.91. The third-order valence-corrected chi connectivity index (χ3v) is 2.11. The molecule has 0 aliphatic heterocycles. The number of rotatable bonds is 3. The predicted octanol–water partition coefficient (Wildman–Crippen LogP) is 2.08. The Balaban J connectivity index is 1.97. The summed E-state index contributed by atoms with van der Waals surface area (Å²) in [5.74, 6) is 0. The third-order valence-electron chi connectivity index (χ3n) is 2.11. The topological polar surface area (TPSA) is 16.8 Å². The van der Waals surface area contributed by atoms with Gasteiger partial charge in [-0.1, -0.05) is 36.4 Å². The Morgan fingerprint density at radius 1 is 1.07 bits per heavy atom. The highest BCUT2D eigenvalue weighted by atomic mass is 14.9. The van der Waals surface area contributed by atoms with Gasteiger partial charge in [0.05, 0.1) is 12.4 Å². The lowest BCUT2D eigenvalue weighted by atomic mass is 10.2. The highest BCUT2D eigenvalue weighted by Crippen LogP contribution is 2.00. The van der Waals surface area contributed by atoms with Crippen LogP contribution in [0, 0.1) is 0 Å². The Labute approximate surface area is 89.5 Å². The summed E-state index contributed by atoms with van der Waals surface area (Å²) in [4.78, 5) is 3.97. The molecule has 1 aromatic heterocycles. The normalized spacial score (nSPS) is 10.7. The zero-order valence-electron chi connectivity index (χ0n) is 8.45. The molecular formula is C13H13N2+. The molecule has 0 radical (unpaired) electrons. The maximum Gasteiger partial charge on any atom is 0.187 e. The molecule has 0 bridgehead atoms. The molecule has 15 heavy (non-hydrogen) atoms. The largest absolute Gasteiger partial charge is 0.252 e. The van der Waals surface area contributed by atoms with Crippen molar-refractivity contribution in [3.05, 3.63) is 66.8 Å². The molecule has 1 heterocycles. The van der Waals surface area contributed by atoms with Gasteiger partial charge in [0, 0.05) is 0 Å². The van der Waals surface area contributed by atoms with E-state index in [-0.39, 0.29) is 0 Å². The Morgan fingerprint density at radius 3 is 2.53 bits per heavy atom. The van der Waals surface area contributed by atoms with Crippen LogP contribution in [-0.4, -0.2) is 4.98 Å². The molecule has 2 nitrogen and oxygen atoms in total. The number of nitrogens with zero attached hydrogens (tertiary/aromatic N) is 2. The van der Waals surface area contributed by atoms with Gasteiger partial charge < -0.3 is 0 Å². The van der Waals surface area contributed by atoms with Crippen LogP contribution in [0.5, 0.6) is 0 Å². The zero-order chi connectivity index (χ0) is 10.3. The summed E-state index contributed by atoms with van der Waals surface area (Å²) in [6, 6.07) is 10.3. The smallest absolute Gasteiger partial charge is 0.187 e. The van der Waals surface area contributed by atoms with Crippen LogP contribution >= 0.6 is 0 Å². The SMILES string of the molecule is C(=Cc1ccccc1)C[n+]1ccncc1. The van der Waals surface area contributed by atoms with Crippen molar-refractivity contribution in [3.8, 4) is 0 Å². The maximum absolute atomic E-state index is 3.97. The van der Waals surface area contributed by atoms with Gasteiger partial charge in [0.2, 0.25) is 0 Å². The number of aromatic nitrogens is 2. The van der Waals surface area contributed by atoms with Gasteiger partial charge in [-0.05, 0) is 11.6 Å². The van der Waals surface area contributed by atoms with Crippen LogP contribution in [-0.2, 0) is 6.54 Å². The fourth-order valence-electron chi connectivity index (χ4n) is 1.34. The minimum absolute atomic E-state index is 0.872. The molecule has 74 valence electrons. The molecule has 0 aliphatic rings. The lowest BCUT2D eigenvalue weighted by Crippen LogP contribution is -2.31. The zero-order valence-corrected chi connectivity index (χ0v) is 8.45. The van der Waals surface area contributed by atoms with E-state index in [2.05, 4.69) is 33.8 Å². The minimum atomic E-state index is 0.872. The number of hydrogen-bond donors (Lipinski definition) is 0. The lowest BCUT2D eigenvalue weighted by molar-refractivity contribution is -0.687. The molecule has 2 aromatic rings. The van der Waals surface area contributed by atoms with E-state index < -0.39 is 0 Å². The van der Waals surface area contributed by atoms with E-state index in [1.54, 1.807) is 12.4 Å². The van der Waals surface area contributed by atoms with E-state index in [9.17, 15) is 0 Å². The van der Waals surface area contributed by atoms with Crippen LogP contribution < -0.4 is 4.57 Å². The first kappa shape index (κ1) is 9.59. The van der Waals surface area contributed by atoms with Gasteiger partial charge in [-0.2, -0.15) is 4.57 Å². The molecule has 0 saturated carbocycles. The molecule has 0 atom stereocenters. The van der Waals surface area contributed by atoms with Crippen molar-refractivity contribution in [2.24, 2.45) is 0 Å². The molecular weight excluding hydrogens is 184 g/mol. The number of allylic oxidation sites excluding steroid dienone is 1. The average molecular weight is 197 g/mol. The summed E-state index contributed by atoms with van der Waals surface area (Å²) in [7, 11) is 0. The maximum atomic E-state index is 3.97. The predicted molar refractivity (Wildman–Crippen MR) is 59.9 cm³/mol. The molecule has 0 unspecified atom stereocenters. The van der Waals surface area contributed by atoms with Gasteiger partial charge in [-0.25, -0.2) is 0 Å². The summed E-state index contributed by atoms with van der Waals surface area (Å²) in [5, 5.41) is 0. The Hall–Kier alpha value is -1.96. The highest BCUT2D eigenvalue weighted by molar-refractivity contribution is 5.48. The van der Waals surface area contributed by atoms with Crippen LogP contribution in [0.1, 0.15) is 5.56 Å².